The molecule has 0 radical (unpaired) electrons. The quantitative estimate of drug-likeness (QED) is 0.328. The molecule has 3 aromatic heterocycles. The number of benzene rings is 1. The Morgan fingerprint density at radius 1 is 1.21 bits per heavy atom. The number of fused-ring (bicyclic) bond motifs is 1. The SMILES string of the molecule is Cn1cc(Nc2nccc(-c3ccc4c(c3)CCN(CCO)C[C@@H]4NC(=O)c3cn(C(C)(C)C)nn3)n2)cn1. The van der Waals surface area contributed by atoms with E-state index in [1.165, 1.54) is 0 Å². The van der Waals surface area contributed by atoms with Crippen molar-refractivity contribution in [1.82, 2.24) is 45.0 Å². The number of carbonyl (C=O) groups excluding carboxylic acids is 1. The second-order valence-corrected chi connectivity index (χ2v) is 10.7. The van der Waals surface area contributed by atoms with Gasteiger partial charge in [0.2, 0.25) is 5.95 Å². The number of aromatic nitrogens is 7. The predicted molar refractivity (Wildman–Crippen MR) is 146 cm³/mol. The molecule has 4 heterocycles. The van der Waals surface area contributed by atoms with E-state index in [0.717, 1.165) is 41.0 Å². The van der Waals surface area contributed by atoms with Crippen LogP contribution in [0.5, 0.6) is 0 Å². The van der Waals surface area contributed by atoms with Gasteiger partial charge < -0.3 is 15.7 Å². The lowest BCUT2D eigenvalue weighted by molar-refractivity contribution is 0.0917. The Kier molecular flexibility index (Phi) is 7.40. The number of aryl methyl sites for hydroxylation is 1. The molecule has 12 nitrogen and oxygen atoms in total. The first-order valence-electron chi connectivity index (χ1n) is 13.0. The Morgan fingerprint density at radius 3 is 2.77 bits per heavy atom. The smallest absolute Gasteiger partial charge is 0.273 e. The van der Waals surface area contributed by atoms with Gasteiger partial charge in [0.1, 0.15) is 0 Å². The van der Waals surface area contributed by atoms with E-state index in [0.29, 0.717) is 19.0 Å². The van der Waals surface area contributed by atoms with E-state index in [1.54, 1.807) is 28.0 Å². The highest BCUT2D eigenvalue weighted by molar-refractivity contribution is 5.92. The monoisotopic (exact) mass is 530 g/mol. The fourth-order valence-corrected chi connectivity index (χ4v) is 4.64. The molecule has 12 heteroatoms. The molecule has 0 aliphatic carbocycles. The number of hydrogen-bond acceptors (Lipinski definition) is 9. The van der Waals surface area contributed by atoms with Crippen LogP contribution in [0.15, 0.2) is 49.1 Å². The summed E-state index contributed by atoms with van der Waals surface area (Å²) < 4.78 is 3.40. The van der Waals surface area contributed by atoms with Gasteiger partial charge >= 0.3 is 0 Å². The van der Waals surface area contributed by atoms with Crippen LogP contribution in [0.1, 0.15) is 48.4 Å². The topological polar surface area (TPSA) is 139 Å². The average Bonchev–Trinajstić information content (AvgIpc) is 3.53. The lowest BCUT2D eigenvalue weighted by Gasteiger charge is -2.25. The summed E-state index contributed by atoms with van der Waals surface area (Å²) >= 11 is 0. The molecule has 1 atom stereocenters. The van der Waals surface area contributed by atoms with Gasteiger partial charge in [0.05, 0.1) is 42.0 Å². The zero-order chi connectivity index (χ0) is 27.6. The molecule has 4 aromatic rings. The molecule has 1 aliphatic heterocycles. The summed E-state index contributed by atoms with van der Waals surface area (Å²) in [5.74, 6) is 0.205. The second kappa shape index (κ2) is 10.9. The van der Waals surface area contributed by atoms with Crippen molar-refractivity contribution in [1.29, 1.82) is 0 Å². The van der Waals surface area contributed by atoms with Crippen LogP contribution < -0.4 is 10.6 Å². The molecule has 1 aliphatic rings. The Labute approximate surface area is 227 Å². The van der Waals surface area contributed by atoms with E-state index >= 15 is 0 Å². The Morgan fingerprint density at radius 2 is 2.05 bits per heavy atom. The summed E-state index contributed by atoms with van der Waals surface area (Å²) in [4.78, 5) is 24.4. The van der Waals surface area contributed by atoms with Gasteiger partial charge in [-0.2, -0.15) is 5.10 Å². The summed E-state index contributed by atoms with van der Waals surface area (Å²) in [5.41, 5.74) is 4.71. The molecule has 0 spiro atoms. The van der Waals surface area contributed by atoms with Crippen molar-refractivity contribution >= 4 is 17.5 Å². The van der Waals surface area contributed by atoms with Crippen molar-refractivity contribution in [2.75, 3.05) is 31.6 Å². The van der Waals surface area contributed by atoms with Gasteiger partial charge in [-0.15, -0.1) is 5.10 Å². The number of aliphatic hydroxyl groups excluding tert-OH is 1. The van der Waals surface area contributed by atoms with Crippen LogP contribution in [0.25, 0.3) is 11.3 Å². The highest BCUT2D eigenvalue weighted by Gasteiger charge is 2.27. The Balaban J connectivity index is 1.41. The number of aliphatic hydroxyl groups is 1. The molecule has 0 unspecified atom stereocenters. The lowest BCUT2D eigenvalue weighted by atomic mass is 9.96. The Hall–Kier alpha value is -4.16. The maximum absolute atomic E-state index is 13.2. The molecule has 0 bridgehead atoms. The van der Waals surface area contributed by atoms with Crippen LogP contribution in [0, 0.1) is 0 Å². The first-order chi connectivity index (χ1) is 18.7. The third-order valence-corrected chi connectivity index (χ3v) is 6.70. The molecule has 0 saturated heterocycles. The molecular formula is C27H34N10O2. The number of nitrogens with zero attached hydrogens (tertiary/aromatic N) is 8. The fraction of sp³-hybridized carbons (Fsp3) is 0.407. The summed E-state index contributed by atoms with van der Waals surface area (Å²) in [6, 6.07) is 7.81. The van der Waals surface area contributed by atoms with Gasteiger partial charge in [-0.1, -0.05) is 17.3 Å². The Bertz CT molecular complexity index is 1450. The van der Waals surface area contributed by atoms with Crippen molar-refractivity contribution in [3.63, 3.8) is 0 Å². The number of nitrogens with one attached hydrogen (secondary N) is 2. The van der Waals surface area contributed by atoms with Gasteiger partial charge in [0.25, 0.3) is 5.91 Å². The van der Waals surface area contributed by atoms with Crippen molar-refractivity contribution in [2.45, 2.75) is 38.8 Å². The second-order valence-electron chi connectivity index (χ2n) is 10.7. The molecule has 204 valence electrons. The van der Waals surface area contributed by atoms with Gasteiger partial charge in [-0.25, -0.2) is 14.6 Å². The van der Waals surface area contributed by atoms with Crippen LogP contribution in [0.3, 0.4) is 0 Å². The molecule has 1 aromatic carbocycles. The van der Waals surface area contributed by atoms with E-state index in [2.05, 4.69) is 48.1 Å². The summed E-state index contributed by atoms with van der Waals surface area (Å²) in [5, 5.41) is 28.3. The maximum atomic E-state index is 13.2. The maximum Gasteiger partial charge on any atom is 0.273 e. The van der Waals surface area contributed by atoms with Crippen LogP contribution >= 0.6 is 0 Å². The van der Waals surface area contributed by atoms with Gasteiger partial charge in [-0.05, 0) is 50.5 Å². The van der Waals surface area contributed by atoms with Crippen LogP contribution in [-0.4, -0.2) is 76.9 Å². The minimum atomic E-state index is -0.279. The number of rotatable bonds is 7. The summed E-state index contributed by atoms with van der Waals surface area (Å²) in [7, 11) is 1.85. The van der Waals surface area contributed by atoms with Gasteiger partial charge in [0.15, 0.2) is 5.69 Å². The molecule has 0 fully saturated rings. The van der Waals surface area contributed by atoms with Crippen molar-refractivity contribution in [2.24, 2.45) is 7.05 Å². The van der Waals surface area contributed by atoms with Crippen molar-refractivity contribution < 1.29 is 9.90 Å². The zero-order valence-corrected chi connectivity index (χ0v) is 22.7. The van der Waals surface area contributed by atoms with Crippen LogP contribution in [0.2, 0.25) is 0 Å². The minimum Gasteiger partial charge on any atom is -0.395 e. The van der Waals surface area contributed by atoms with E-state index in [9.17, 15) is 9.90 Å². The van der Waals surface area contributed by atoms with Gasteiger partial charge in [0, 0.05) is 44.6 Å². The number of hydrogen-bond donors (Lipinski definition) is 3. The van der Waals surface area contributed by atoms with Crippen molar-refractivity contribution in [3.8, 4) is 11.3 Å². The predicted octanol–water partition coefficient (Wildman–Crippen LogP) is 2.29. The van der Waals surface area contributed by atoms with E-state index < -0.39 is 0 Å². The number of anilines is 2. The highest BCUT2D eigenvalue weighted by atomic mass is 16.3. The normalized spacial score (nSPS) is 16.0. The van der Waals surface area contributed by atoms with E-state index in [1.807, 2.05) is 46.1 Å². The first-order valence-corrected chi connectivity index (χ1v) is 13.0. The number of amides is 1. The molecule has 1 amide bonds. The number of carbonyl (C=O) groups is 1. The molecule has 5 rings (SSSR count). The highest BCUT2D eigenvalue weighted by Crippen LogP contribution is 2.29. The van der Waals surface area contributed by atoms with Crippen LogP contribution in [0.4, 0.5) is 11.6 Å². The van der Waals surface area contributed by atoms with E-state index in [-0.39, 0.29) is 29.8 Å². The van der Waals surface area contributed by atoms with Gasteiger partial charge in [-0.3, -0.25) is 14.4 Å². The third kappa shape index (κ3) is 6.13. The zero-order valence-electron chi connectivity index (χ0n) is 22.7. The lowest BCUT2D eigenvalue weighted by Crippen LogP contribution is -2.38. The standard InChI is InChI=1S/C27H34N10O2/c1-27(2,3)37-17-24(33-34-37)25(39)31-23-16-36(11-12-38)10-8-18-13-19(5-6-21(18)23)22-7-9-28-26(32-22)30-20-14-29-35(4)15-20/h5-7,9,13-15,17,23,38H,8,10-12,16H2,1-4H3,(H,31,39)(H,28,30,32)/t23-/m0/s1. The first kappa shape index (κ1) is 26.4. The summed E-state index contributed by atoms with van der Waals surface area (Å²) in [6.07, 6.45) is 7.75. The van der Waals surface area contributed by atoms with Crippen molar-refractivity contribution in [3.05, 3.63) is 65.9 Å². The third-order valence-electron chi connectivity index (χ3n) is 6.70. The van der Waals surface area contributed by atoms with Crippen LogP contribution in [-0.2, 0) is 19.0 Å². The molecule has 39 heavy (non-hydrogen) atoms. The largest absolute Gasteiger partial charge is 0.395 e. The molecular weight excluding hydrogens is 496 g/mol. The van der Waals surface area contributed by atoms with E-state index in [4.69, 9.17) is 4.98 Å². The fourth-order valence-electron chi connectivity index (χ4n) is 4.64. The minimum absolute atomic E-state index is 0.0514. The average molecular weight is 531 g/mol. The molecule has 3 N–H and O–H groups in total. The summed E-state index contributed by atoms with van der Waals surface area (Å²) in [6.45, 7) is 7.94. The molecule has 0 saturated carbocycles. The number of β-amino-alcohol motifs (C(OH)–C–C–N with tert-alkyl or cyclic N) is 1.